The Bertz CT molecular complexity index is 2540. The topological polar surface area (TPSA) is 197 Å². The summed E-state index contributed by atoms with van der Waals surface area (Å²) in [5, 5.41) is 5.36. The summed E-state index contributed by atoms with van der Waals surface area (Å²) in [4.78, 5) is 75.4. The fourth-order valence-electron chi connectivity index (χ4n) is 7.78. The van der Waals surface area contributed by atoms with Crippen molar-refractivity contribution >= 4 is 23.8 Å². The van der Waals surface area contributed by atoms with E-state index in [1.54, 1.807) is 46.6 Å². The van der Waals surface area contributed by atoms with Gasteiger partial charge in [0.25, 0.3) is 5.91 Å². The summed E-state index contributed by atoms with van der Waals surface area (Å²) in [7, 11) is 1.25. The van der Waals surface area contributed by atoms with Gasteiger partial charge in [0.05, 0.1) is 44.0 Å². The average Bonchev–Trinajstić information content (AvgIpc) is 3.99. The molecule has 16 heteroatoms. The summed E-state index contributed by atoms with van der Waals surface area (Å²) in [6, 6.07) is 21.5. The maximum atomic E-state index is 14.2. The Hall–Kier alpha value is -7.49. The molecule has 6 aromatic rings. The predicted octanol–water partition coefficient (Wildman–Crippen LogP) is 6.32. The molecule has 62 heavy (non-hydrogen) atoms. The largest absolute Gasteiger partial charge is 0.488 e. The molecule has 0 unspecified atom stereocenters. The summed E-state index contributed by atoms with van der Waals surface area (Å²) in [5.41, 5.74) is 8.07. The quantitative estimate of drug-likeness (QED) is 0.0857. The lowest BCUT2D eigenvalue weighted by atomic mass is 9.87. The number of carbonyl (C=O) groups is 4. The minimum absolute atomic E-state index is 0.173. The average molecular weight is 838 g/mol. The number of imidazole rings is 2. The molecule has 0 saturated carbocycles. The first-order chi connectivity index (χ1) is 30.2. The Labute approximate surface area is 358 Å². The molecule has 3 aromatic heterocycles. The standard InChI is InChI=1S/C46H47N9O7/c1-4-15-54(40(56)23-50-46(59)60-3)24-38-48-21-34(51-38)29-17-31-26-62-37-20-30(18-32-27-61-36(19-29)41(31)42(32)37)35-22-49-39(52-35)25-55(16-5-2)45(58)43(28-11-7-6-8-12-28)53-44(57)33-13-9-10-14-47-33/h6-14,17-22,43H,4-5,15-16,23-27H2,1-3H3,(H,48,51)(H,49,52)(H,50,59)(H,53,57)/t43-/m1/s1. The molecule has 0 saturated heterocycles. The van der Waals surface area contributed by atoms with E-state index < -0.39 is 18.0 Å². The Kier molecular flexibility index (Phi) is 12.3. The molecule has 2 aliphatic heterocycles. The summed E-state index contributed by atoms with van der Waals surface area (Å²) in [5.74, 6) is 1.74. The number of hydrogen-bond donors (Lipinski definition) is 4. The van der Waals surface area contributed by atoms with Gasteiger partial charge in [0, 0.05) is 52.7 Å². The van der Waals surface area contributed by atoms with Crippen molar-refractivity contribution in [2.45, 2.75) is 59.0 Å². The molecule has 4 N–H and O–H groups in total. The molecular weight excluding hydrogens is 791 g/mol. The molecule has 1 atom stereocenters. The summed E-state index contributed by atoms with van der Waals surface area (Å²) in [6.45, 7) is 5.86. The van der Waals surface area contributed by atoms with Crippen LogP contribution in [0.3, 0.4) is 0 Å². The second-order valence-corrected chi connectivity index (χ2v) is 15.0. The maximum Gasteiger partial charge on any atom is 0.407 e. The summed E-state index contributed by atoms with van der Waals surface area (Å²) < 4.78 is 17.4. The third-order valence-corrected chi connectivity index (χ3v) is 10.7. The highest BCUT2D eigenvalue weighted by Crippen LogP contribution is 2.50. The van der Waals surface area contributed by atoms with E-state index in [4.69, 9.17) is 9.47 Å². The monoisotopic (exact) mass is 837 g/mol. The number of rotatable bonds is 16. The lowest BCUT2D eigenvalue weighted by Crippen LogP contribution is -2.43. The first-order valence-corrected chi connectivity index (χ1v) is 20.6. The van der Waals surface area contributed by atoms with E-state index >= 15 is 0 Å². The number of pyridine rings is 1. The maximum absolute atomic E-state index is 14.2. The number of H-pyrrole nitrogens is 2. The number of alkyl carbamates (subject to hydrolysis) is 1. The molecule has 16 nitrogen and oxygen atoms in total. The summed E-state index contributed by atoms with van der Waals surface area (Å²) >= 11 is 0. The van der Waals surface area contributed by atoms with Crippen LogP contribution in [0.15, 0.2) is 91.4 Å². The van der Waals surface area contributed by atoms with Crippen molar-refractivity contribution in [1.82, 2.24) is 45.4 Å². The van der Waals surface area contributed by atoms with Gasteiger partial charge in [0.15, 0.2) is 0 Å². The molecular formula is C46H47N9O7. The molecule has 4 amide bonds. The van der Waals surface area contributed by atoms with Crippen LogP contribution < -0.4 is 20.1 Å². The number of benzene rings is 3. The van der Waals surface area contributed by atoms with Crippen molar-refractivity contribution in [2.75, 3.05) is 26.7 Å². The van der Waals surface area contributed by atoms with Crippen LogP contribution in [-0.2, 0) is 40.6 Å². The second-order valence-electron chi connectivity index (χ2n) is 15.0. The van der Waals surface area contributed by atoms with E-state index in [2.05, 4.69) is 52.4 Å². The van der Waals surface area contributed by atoms with Gasteiger partial charge in [-0.3, -0.25) is 19.4 Å². The van der Waals surface area contributed by atoms with Crippen molar-refractivity contribution in [2.24, 2.45) is 0 Å². The van der Waals surface area contributed by atoms with Crippen LogP contribution in [0.25, 0.3) is 33.6 Å². The van der Waals surface area contributed by atoms with Crippen molar-refractivity contribution in [3.63, 3.8) is 0 Å². The van der Waals surface area contributed by atoms with Gasteiger partial charge in [0.1, 0.15) is 54.6 Å². The Morgan fingerprint density at radius 2 is 1.34 bits per heavy atom. The zero-order chi connectivity index (χ0) is 43.2. The molecule has 2 aliphatic rings. The Morgan fingerprint density at radius 3 is 1.90 bits per heavy atom. The Morgan fingerprint density at radius 1 is 0.758 bits per heavy atom. The smallest absolute Gasteiger partial charge is 0.407 e. The first kappa shape index (κ1) is 41.3. The van der Waals surface area contributed by atoms with E-state index in [0.717, 1.165) is 62.7 Å². The fourth-order valence-corrected chi connectivity index (χ4v) is 7.78. The van der Waals surface area contributed by atoms with E-state index in [1.165, 1.54) is 7.11 Å². The minimum atomic E-state index is -0.929. The highest BCUT2D eigenvalue weighted by molar-refractivity contribution is 5.96. The molecule has 3 aromatic carbocycles. The second kappa shape index (κ2) is 18.4. The summed E-state index contributed by atoms with van der Waals surface area (Å²) in [6.07, 6.45) is 5.81. The van der Waals surface area contributed by atoms with Crippen molar-refractivity contribution < 1.29 is 33.4 Å². The zero-order valence-electron chi connectivity index (χ0n) is 34.7. The fraction of sp³-hybridized carbons (Fsp3) is 0.283. The third kappa shape index (κ3) is 8.84. The Balaban J connectivity index is 0.991. The number of aromatic nitrogens is 5. The van der Waals surface area contributed by atoms with Gasteiger partial charge in [-0.1, -0.05) is 50.2 Å². The molecule has 0 spiro atoms. The zero-order valence-corrected chi connectivity index (χ0v) is 34.7. The van der Waals surface area contributed by atoms with Gasteiger partial charge in [0.2, 0.25) is 11.8 Å². The van der Waals surface area contributed by atoms with Gasteiger partial charge in [-0.05, 0) is 54.8 Å². The van der Waals surface area contributed by atoms with E-state index in [1.807, 2.05) is 56.3 Å². The SMILES string of the molecule is CCCN(Cc1ncc(-c2cc3c4c(c2)OCc2cc(-c5cnc(CN(CCC)C(=O)[C@H](NC(=O)c6ccccn6)c6ccccc6)[nH]5)cc(c2-4)OC3)[nH]1)C(=O)CNC(=O)OC. The van der Waals surface area contributed by atoms with Crippen LogP contribution in [0.2, 0.25) is 0 Å². The molecule has 0 bridgehead atoms. The molecule has 5 heterocycles. The van der Waals surface area contributed by atoms with Crippen LogP contribution in [-0.4, -0.2) is 85.3 Å². The predicted molar refractivity (Wildman–Crippen MR) is 228 cm³/mol. The normalized spacial score (nSPS) is 12.6. The first-order valence-electron chi connectivity index (χ1n) is 20.6. The number of ether oxygens (including phenoxy) is 3. The number of nitrogens with one attached hydrogen (secondary N) is 4. The van der Waals surface area contributed by atoms with Gasteiger partial charge < -0.3 is 44.6 Å². The van der Waals surface area contributed by atoms with Crippen molar-refractivity contribution in [1.29, 1.82) is 0 Å². The number of carbonyl (C=O) groups excluding carboxylic acids is 4. The minimum Gasteiger partial charge on any atom is -0.488 e. The van der Waals surface area contributed by atoms with Crippen LogP contribution in [0.4, 0.5) is 4.79 Å². The highest BCUT2D eigenvalue weighted by atomic mass is 16.5. The van der Waals surface area contributed by atoms with Crippen LogP contribution in [0.5, 0.6) is 11.5 Å². The van der Waals surface area contributed by atoms with E-state index in [9.17, 15) is 19.2 Å². The van der Waals surface area contributed by atoms with Crippen molar-refractivity contribution in [3.8, 4) is 45.1 Å². The number of hydrogen-bond acceptors (Lipinski definition) is 10. The number of nitrogens with zero attached hydrogens (tertiary/aromatic N) is 5. The van der Waals surface area contributed by atoms with Crippen LogP contribution in [0.1, 0.15) is 71.6 Å². The lowest BCUT2D eigenvalue weighted by molar-refractivity contribution is -0.134. The van der Waals surface area contributed by atoms with E-state index in [-0.39, 0.29) is 37.1 Å². The van der Waals surface area contributed by atoms with Crippen LogP contribution in [0, 0.1) is 0 Å². The molecule has 0 radical (unpaired) electrons. The van der Waals surface area contributed by atoms with Crippen molar-refractivity contribution in [3.05, 3.63) is 125 Å². The number of amides is 4. The number of methoxy groups -OCH3 is 1. The third-order valence-electron chi connectivity index (χ3n) is 10.7. The van der Waals surface area contributed by atoms with E-state index in [0.29, 0.717) is 49.9 Å². The molecule has 8 rings (SSSR count). The molecule has 0 fully saturated rings. The van der Waals surface area contributed by atoms with Gasteiger partial charge in [-0.2, -0.15) is 0 Å². The number of aromatic amines is 2. The molecule has 0 aliphatic carbocycles. The molecule has 318 valence electrons. The lowest BCUT2D eigenvalue weighted by Gasteiger charge is -2.30. The van der Waals surface area contributed by atoms with Gasteiger partial charge in [-0.15, -0.1) is 0 Å². The van der Waals surface area contributed by atoms with Crippen LogP contribution >= 0.6 is 0 Å². The van der Waals surface area contributed by atoms with Gasteiger partial charge in [-0.25, -0.2) is 14.8 Å². The highest BCUT2D eigenvalue weighted by Gasteiger charge is 2.32. The van der Waals surface area contributed by atoms with Gasteiger partial charge >= 0.3 is 6.09 Å².